The van der Waals surface area contributed by atoms with Crippen LogP contribution in [-0.2, 0) is 0 Å². The van der Waals surface area contributed by atoms with Crippen molar-refractivity contribution < 1.29 is 10.2 Å². The number of hydrogen-bond acceptors (Lipinski definition) is 1. The molecule has 0 heterocycles. The normalized spacial score (nSPS) is 36.7. The molecule has 2 heteroatoms. The van der Waals surface area contributed by atoms with Crippen LogP contribution in [0.25, 0.3) is 0 Å². The summed E-state index contributed by atoms with van der Waals surface area (Å²) in [5.41, 5.74) is 0. The SMILES string of the molecule is OC1CCCCC1C[OH2+]. The Balaban J connectivity index is 2.30. The summed E-state index contributed by atoms with van der Waals surface area (Å²) < 4.78 is 0. The minimum absolute atomic E-state index is 0.170. The molecule has 3 N–H and O–H groups in total. The average Bonchev–Trinajstić information content (AvgIpc) is 1.89. The molecule has 1 rings (SSSR count). The van der Waals surface area contributed by atoms with Gasteiger partial charge in [0.15, 0.2) is 0 Å². The molecular weight excluding hydrogens is 116 g/mol. The molecule has 0 aromatic rings. The summed E-state index contributed by atoms with van der Waals surface area (Å²) >= 11 is 0. The molecule has 0 aromatic heterocycles. The van der Waals surface area contributed by atoms with Gasteiger partial charge in [-0.25, -0.2) is 0 Å². The molecule has 1 fully saturated rings. The second-order valence-corrected chi connectivity index (χ2v) is 2.82. The molecule has 2 atom stereocenters. The molecule has 2 unspecified atom stereocenters. The van der Waals surface area contributed by atoms with Gasteiger partial charge >= 0.3 is 0 Å². The molecule has 0 aliphatic heterocycles. The molecule has 2 nitrogen and oxygen atoms in total. The van der Waals surface area contributed by atoms with Crippen molar-refractivity contribution in [2.24, 2.45) is 5.92 Å². The Labute approximate surface area is 55.5 Å². The van der Waals surface area contributed by atoms with Gasteiger partial charge in [0.1, 0.15) is 6.61 Å². The molecule has 0 aromatic carbocycles. The second-order valence-electron chi connectivity index (χ2n) is 2.82. The van der Waals surface area contributed by atoms with Crippen LogP contribution in [0.3, 0.4) is 0 Å². The summed E-state index contributed by atoms with van der Waals surface area (Å²) in [4.78, 5) is 0. The molecule has 9 heavy (non-hydrogen) atoms. The van der Waals surface area contributed by atoms with Crippen LogP contribution in [0.15, 0.2) is 0 Å². The van der Waals surface area contributed by atoms with Gasteiger partial charge in [0, 0.05) is 0 Å². The first kappa shape index (κ1) is 7.03. The highest BCUT2D eigenvalue weighted by molar-refractivity contribution is 4.72. The van der Waals surface area contributed by atoms with Crippen LogP contribution in [0, 0.1) is 5.92 Å². The zero-order valence-electron chi connectivity index (χ0n) is 5.64. The van der Waals surface area contributed by atoms with Crippen molar-refractivity contribution in [3.05, 3.63) is 0 Å². The standard InChI is InChI=1S/C7H14O2/c8-5-6-3-1-2-4-7(6)9/h6-9H,1-5H2/p+1. The number of rotatable bonds is 1. The minimum Gasteiger partial charge on any atom is -0.445 e. The third-order valence-electron chi connectivity index (χ3n) is 2.13. The molecule has 0 saturated heterocycles. The maximum absolute atomic E-state index is 9.25. The lowest BCUT2D eigenvalue weighted by Gasteiger charge is -2.23. The fourth-order valence-electron chi connectivity index (χ4n) is 1.43. The lowest BCUT2D eigenvalue weighted by molar-refractivity contribution is 0.0359. The first-order valence-corrected chi connectivity index (χ1v) is 3.67. The molecule has 1 saturated carbocycles. The lowest BCUT2D eigenvalue weighted by atomic mass is 9.87. The van der Waals surface area contributed by atoms with Gasteiger partial charge in [0.05, 0.1) is 12.0 Å². The van der Waals surface area contributed by atoms with Crippen LogP contribution < -0.4 is 0 Å². The van der Waals surface area contributed by atoms with Gasteiger partial charge < -0.3 is 10.2 Å². The monoisotopic (exact) mass is 131 g/mol. The van der Waals surface area contributed by atoms with E-state index in [2.05, 4.69) is 0 Å². The Morgan fingerprint density at radius 1 is 1.33 bits per heavy atom. The van der Waals surface area contributed by atoms with E-state index in [0.29, 0.717) is 6.61 Å². The number of aliphatic hydroxyl groups excluding tert-OH is 1. The molecule has 0 bridgehead atoms. The number of aliphatic hydroxyl groups is 1. The highest BCUT2D eigenvalue weighted by atomic mass is 16.3. The fraction of sp³-hybridized carbons (Fsp3) is 1.00. The van der Waals surface area contributed by atoms with Gasteiger partial charge in [-0.15, -0.1) is 0 Å². The average molecular weight is 131 g/mol. The van der Waals surface area contributed by atoms with Crippen LogP contribution in [-0.4, -0.2) is 22.9 Å². The van der Waals surface area contributed by atoms with E-state index in [1.54, 1.807) is 0 Å². The molecule has 1 aliphatic carbocycles. The lowest BCUT2D eigenvalue weighted by Crippen LogP contribution is -2.26. The molecule has 0 amide bonds. The van der Waals surface area contributed by atoms with Crippen LogP contribution in [0.5, 0.6) is 0 Å². The Hall–Kier alpha value is -0.0800. The first-order chi connectivity index (χ1) is 4.34. The predicted molar refractivity (Wildman–Crippen MR) is 36.4 cm³/mol. The van der Waals surface area contributed by atoms with E-state index in [0.717, 1.165) is 19.3 Å². The van der Waals surface area contributed by atoms with Crippen molar-refractivity contribution in [1.29, 1.82) is 0 Å². The van der Waals surface area contributed by atoms with Crippen LogP contribution >= 0.6 is 0 Å². The van der Waals surface area contributed by atoms with Crippen molar-refractivity contribution in [1.82, 2.24) is 0 Å². The van der Waals surface area contributed by atoms with E-state index >= 15 is 0 Å². The van der Waals surface area contributed by atoms with E-state index in [4.69, 9.17) is 5.11 Å². The van der Waals surface area contributed by atoms with Crippen molar-refractivity contribution >= 4 is 0 Å². The van der Waals surface area contributed by atoms with Crippen molar-refractivity contribution in [3.8, 4) is 0 Å². The Kier molecular flexibility index (Phi) is 2.49. The van der Waals surface area contributed by atoms with Crippen LogP contribution in [0.4, 0.5) is 0 Å². The Bertz CT molecular complexity index is 83.0. The fourth-order valence-corrected chi connectivity index (χ4v) is 1.43. The third kappa shape index (κ3) is 1.66. The Morgan fingerprint density at radius 2 is 2.00 bits per heavy atom. The van der Waals surface area contributed by atoms with E-state index in [-0.39, 0.29) is 12.0 Å². The van der Waals surface area contributed by atoms with Gasteiger partial charge in [-0.1, -0.05) is 12.8 Å². The summed E-state index contributed by atoms with van der Waals surface area (Å²) in [6, 6.07) is 0. The zero-order chi connectivity index (χ0) is 6.69. The van der Waals surface area contributed by atoms with Gasteiger partial charge in [-0.05, 0) is 12.8 Å². The minimum atomic E-state index is -0.170. The zero-order valence-corrected chi connectivity index (χ0v) is 5.64. The van der Waals surface area contributed by atoms with Gasteiger partial charge in [0.2, 0.25) is 0 Å². The molecule has 54 valence electrons. The second kappa shape index (κ2) is 3.18. The maximum atomic E-state index is 9.25. The molecular formula is C7H15O2+. The molecule has 1 aliphatic rings. The summed E-state index contributed by atoms with van der Waals surface area (Å²) in [7, 11) is 0. The van der Waals surface area contributed by atoms with E-state index in [1.807, 2.05) is 0 Å². The highest BCUT2D eigenvalue weighted by Gasteiger charge is 2.23. The van der Waals surface area contributed by atoms with Crippen molar-refractivity contribution in [3.63, 3.8) is 0 Å². The summed E-state index contributed by atoms with van der Waals surface area (Å²) in [6.45, 7) is 0.404. The molecule has 0 spiro atoms. The van der Waals surface area contributed by atoms with Gasteiger partial charge in [-0.2, -0.15) is 0 Å². The smallest absolute Gasteiger partial charge is 0.149 e. The summed E-state index contributed by atoms with van der Waals surface area (Å²) in [6.07, 6.45) is 4.17. The van der Waals surface area contributed by atoms with E-state index in [9.17, 15) is 5.11 Å². The predicted octanol–water partition coefficient (Wildman–Crippen LogP) is 0.262. The van der Waals surface area contributed by atoms with Gasteiger partial charge in [-0.3, -0.25) is 0 Å². The Morgan fingerprint density at radius 3 is 2.44 bits per heavy atom. The van der Waals surface area contributed by atoms with Crippen molar-refractivity contribution in [2.75, 3.05) is 6.61 Å². The first-order valence-electron chi connectivity index (χ1n) is 3.67. The quantitative estimate of drug-likeness (QED) is 0.510. The van der Waals surface area contributed by atoms with E-state index < -0.39 is 0 Å². The summed E-state index contributed by atoms with van der Waals surface area (Å²) in [5.74, 6) is 0.277. The molecule has 0 radical (unpaired) electrons. The number of hydrogen-bond donors (Lipinski definition) is 1. The van der Waals surface area contributed by atoms with Crippen molar-refractivity contribution in [2.45, 2.75) is 31.8 Å². The topological polar surface area (TPSA) is 43.1 Å². The maximum Gasteiger partial charge on any atom is 0.149 e. The summed E-state index contributed by atoms with van der Waals surface area (Å²) in [5, 5.41) is 16.3. The van der Waals surface area contributed by atoms with E-state index in [1.165, 1.54) is 6.42 Å². The van der Waals surface area contributed by atoms with Crippen LogP contribution in [0.2, 0.25) is 0 Å². The van der Waals surface area contributed by atoms with Crippen LogP contribution in [0.1, 0.15) is 25.7 Å². The highest BCUT2D eigenvalue weighted by Crippen LogP contribution is 2.23. The van der Waals surface area contributed by atoms with Gasteiger partial charge in [0.25, 0.3) is 0 Å². The third-order valence-corrected chi connectivity index (χ3v) is 2.13. The largest absolute Gasteiger partial charge is 0.445 e.